The maximum Gasteiger partial charge on any atom is 0.0933 e. The number of likely N-dealkylation sites (tertiary alicyclic amines) is 1. The van der Waals surface area contributed by atoms with Crippen molar-refractivity contribution in [2.75, 3.05) is 46.0 Å². The van der Waals surface area contributed by atoms with Gasteiger partial charge in [0.05, 0.1) is 25.9 Å². The number of nitrogens with zero attached hydrogens (tertiary/aromatic N) is 1. The lowest BCUT2D eigenvalue weighted by atomic mass is 10.0. The third-order valence-electron chi connectivity index (χ3n) is 3.86. The Bertz CT molecular complexity index is 276. The summed E-state index contributed by atoms with van der Waals surface area (Å²) in [7, 11) is 0. The maximum absolute atomic E-state index is 5.65. The number of allylic oxidation sites excluding steroid dienone is 1. The van der Waals surface area contributed by atoms with Crippen molar-refractivity contribution in [3.05, 3.63) is 11.6 Å². The van der Waals surface area contributed by atoms with Crippen LogP contribution < -0.4 is 5.32 Å². The Hall–Kier alpha value is -0.420. The zero-order valence-electron chi connectivity index (χ0n) is 12.4. The number of hydrogen-bond acceptors (Lipinski definition) is 4. The Morgan fingerprint density at radius 3 is 2.68 bits per heavy atom. The average molecular weight is 268 g/mol. The summed E-state index contributed by atoms with van der Waals surface area (Å²) in [4.78, 5) is 2.53. The first-order valence-corrected chi connectivity index (χ1v) is 7.52. The fourth-order valence-electron chi connectivity index (χ4n) is 2.58. The van der Waals surface area contributed by atoms with Crippen LogP contribution in [0.1, 0.15) is 26.7 Å². The van der Waals surface area contributed by atoms with Crippen LogP contribution in [-0.2, 0) is 9.47 Å². The summed E-state index contributed by atoms with van der Waals surface area (Å²) >= 11 is 0. The van der Waals surface area contributed by atoms with Gasteiger partial charge in [-0.1, -0.05) is 11.6 Å². The second-order valence-electron chi connectivity index (χ2n) is 5.83. The molecule has 0 radical (unpaired) electrons. The first-order valence-electron chi connectivity index (χ1n) is 7.52. The molecular formula is C15H28N2O2. The van der Waals surface area contributed by atoms with Gasteiger partial charge < -0.3 is 14.8 Å². The van der Waals surface area contributed by atoms with E-state index < -0.39 is 0 Å². The van der Waals surface area contributed by atoms with Gasteiger partial charge in [-0.05, 0) is 39.8 Å². The average Bonchev–Trinajstić information content (AvgIpc) is 2.45. The molecule has 2 aliphatic heterocycles. The molecule has 2 rings (SSSR count). The van der Waals surface area contributed by atoms with Gasteiger partial charge in [0, 0.05) is 19.1 Å². The van der Waals surface area contributed by atoms with Gasteiger partial charge in [-0.3, -0.25) is 4.90 Å². The van der Waals surface area contributed by atoms with Gasteiger partial charge in [0.25, 0.3) is 0 Å². The number of hydrogen-bond donors (Lipinski definition) is 1. The summed E-state index contributed by atoms with van der Waals surface area (Å²) in [5.74, 6) is 0. The van der Waals surface area contributed by atoms with Gasteiger partial charge >= 0.3 is 0 Å². The van der Waals surface area contributed by atoms with Gasteiger partial charge in [-0.25, -0.2) is 0 Å². The van der Waals surface area contributed by atoms with E-state index in [1.165, 1.54) is 31.5 Å². The van der Waals surface area contributed by atoms with Crippen molar-refractivity contribution in [3.63, 3.8) is 0 Å². The van der Waals surface area contributed by atoms with Crippen molar-refractivity contribution in [2.45, 2.75) is 38.8 Å². The molecule has 0 spiro atoms. The summed E-state index contributed by atoms with van der Waals surface area (Å²) in [6.07, 6.45) is 5.05. The van der Waals surface area contributed by atoms with E-state index in [0.717, 1.165) is 32.9 Å². The molecule has 1 unspecified atom stereocenters. The number of piperidine rings is 1. The number of rotatable bonds is 5. The third-order valence-corrected chi connectivity index (χ3v) is 3.86. The standard InChI is InChI=1S/C15H28N2O2/c1-13(2)3-6-17-7-4-14(5-8-17)16-11-15-12-18-9-10-19-15/h3,14-16H,4-12H2,1-2H3. The van der Waals surface area contributed by atoms with E-state index in [4.69, 9.17) is 9.47 Å². The van der Waals surface area contributed by atoms with Crippen molar-refractivity contribution in [1.82, 2.24) is 10.2 Å². The monoisotopic (exact) mass is 268 g/mol. The van der Waals surface area contributed by atoms with E-state index in [-0.39, 0.29) is 6.10 Å². The summed E-state index contributed by atoms with van der Waals surface area (Å²) in [6, 6.07) is 0.647. The van der Waals surface area contributed by atoms with Crippen molar-refractivity contribution in [1.29, 1.82) is 0 Å². The van der Waals surface area contributed by atoms with Gasteiger partial charge in [0.1, 0.15) is 0 Å². The summed E-state index contributed by atoms with van der Waals surface area (Å²) in [5, 5.41) is 3.63. The zero-order chi connectivity index (χ0) is 13.5. The SMILES string of the molecule is CC(C)=CCN1CCC(NCC2COCCO2)CC1. The minimum atomic E-state index is 0.248. The molecule has 0 bridgehead atoms. The van der Waals surface area contributed by atoms with E-state index in [2.05, 4.69) is 30.1 Å². The maximum atomic E-state index is 5.65. The van der Waals surface area contributed by atoms with E-state index >= 15 is 0 Å². The smallest absolute Gasteiger partial charge is 0.0933 e. The fraction of sp³-hybridized carbons (Fsp3) is 0.867. The van der Waals surface area contributed by atoms with Crippen molar-refractivity contribution in [3.8, 4) is 0 Å². The van der Waals surface area contributed by atoms with Crippen LogP contribution in [0.5, 0.6) is 0 Å². The van der Waals surface area contributed by atoms with Crippen LogP contribution in [0.15, 0.2) is 11.6 Å². The molecule has 4 heteroatoms. The van der Waals surface area contributed by atoms with Crippen LogP contribution in [0, 0.1) is 0 Å². The second kappa shape index (κ2) is 8.00. The molecule has 110 valence electrons. The Kier molecular flexibility index (Phi) is 6.31. The lowest BCUT2D eigenvalue weighted by Crippen LogP contribution is -2.46. The van der Waals surface area contributed by atoms with Gasteiger partial charge in [0.15, 0.2) is 0 Å². The largest absolute Gasteiger partial charge is 0.376 e. The quantitative estimate of drug-likeness (QED) is 0.765. The van der Waals surface area contributed by atoms with Crippen LogP contribution in [0.25, 0.3) is 0 Å². The molecule has 2 saturated heterocycles. The molecule has 2 fully saturated rings. The van der Waals surface area contributed by atoms with E-state index in [1.807, 2.05) is 0 Å². The highest BCUT2D eigenvalue weighted by Gasteiger charge is 2.20. The topological polar surface area (TPSA) is 33.7 Å². The molecule has 2 aliphatic rings. The number of ether oxygens (including phenoxy) is 2. The summed E-state index contributed by atoms with van der Waals surface area (Å²) < 4.78 is 11.1. The molecule has 0 aliphatic carbocycles. The van der Waals surface area contributed by atoms with Crippen molar-refractivity contribution < 1.29 is 9.47 Å². The van der Waals surface area contributed by atoms with E-state index in [0.29, 0.717) is 6.04 Å². The normalized spacial score (nSPS) is 26.3. The molecule has 2 heterocycles. The van der Waals surface area contributed by atoms with Crippen LogP contribution >= 0.6 is 0 Å². The molecule has 19 heavy (non-hydrogen) atoms. The Morgan fingerprint density at radius 2 is 2.05 bits per heavy atom. The van der Waals surface area contributed by atoms with Gasteiger partial charge in [-0.15, -0.1) is 0 Å². The third kappa shape index (κ3) is 5.61. The molecule has 0 saturated carbocycles. The number of nitrogens with one attached hydrogen (secondary N) is 1. The molecule has 0 amide bonds. The lowest BCUT2D eigenvalue weighted by Gasteiger charge is -2.33. The van der Waals surface area contributed by atoms with E-state index in [9.17, 15) is 0 Å². The Morgan fingerprint density at radius 1 is 1.26 bits per heavy atom. The summed E-state index contributed by atoms with van der Waals surface area (Å²) in [6.45, 7) is 11.0. The molecule has 1 atom stereocenters. The van der Waals surface area contributed by atoms with Crippen molar-refractivity contribution in [2.24, 2.45) is 0 Å². The highest BCUT2D eigenvalue weighted by atomic mass is 16.6. The predicted octanol–water partition coefficient (Wildman–Crippen LogP) is 1.42. The molecular weight excluding hydrogens is 240 g/mol. The molecule has 4 nitrogen and oxygen atoms in total. The molecule has 1 N–H and O–H groups in total. The Balaban J connectivity index is 1.59. The van der Waals surface area contributed by atoms with Crippen molar-refractivity contribution >= 4 is 0 Å². The first-order chi connectivity index (χ1) is 9.24. The predicted molar refractivity (Wildman–Crippen MR) is 77.5 cm³/mol. The highest BCUT2D eigenvalue weighted by Crippen LogP contribution is 2.11. The van der Waals surface area contributed by atoms with E-state index in [1.54, 1.807) is 0 Å². The highest BCUT2D eigenvalue weighted by molar-refractivity contribution is 4.95. The van der Waals surface area contributed by atoms with Crippen LogP contribution in [0.3, 0.4) is 0 Å². The van der Waals surface area contributed by atoms with Crippen LogP contribution in [0.4, 0.5) is 0 Å². The zero-order valence-corrected chi connectivity index (χ0v) is 12.4. The molecule has 0 aromatic carbocycles. The minimum Gasteiger partial charge on any atom is -0.376 e. The van der Waals surface area contributed by atoms with Gasteiger partial charge in [-0.2, -0.15) is 0 Å². The minimum absolute atomic E-state index is 0.248. The summed E-state index contributed by atoms with van der Waals surface area (Å²) in [5.41, 5.74) is 1.41. The molecule has 0 aromatic heterocycles. The first kappa shape index (κ1) is 15.0. The fourth-order valence-corrected chi connectivity index (χ4v) is 2.58. The van der Waals surface area contributed by atoms with Gasteiger partial charge in [0.2, 0.25) is 0 Å². The second-order valence-corrected chi connectivity index (χ2v) is 5.83. The van der Waals surface area contributed by atoms with Crippen LogP contribution in [-0.4, -0.2) is 63.0 Å². The lowest BCUT2D eigenvalue weighted by molar-refractivity contribution is -0.0874. The van der Waals surface area contributed by atoms with Crippen LogP contribution in [0.2, 0.25) is 0 Å². The Labute approximate surface area is 117 Å². The molecule has 0 aromatic rings.